The number of nitrogens with one attached hydrogen (secondary N) is 1. The van der Waals surface area contributed by atoms with E-state index >= 15 is 0 Å². The number of thiophene rings is 1. The molecular formula is C19H27N5OS. The molecule has 26 heavy (non-hydrogen) atoms. The van der Waals surface area contributed by atoms with Crippen molar-refractivity contribution in [3.63, 3.8) is 0 Å². The molecule has 0 atom stereocenters. The lowest BCUT2D eigenvalue weighted by molar-refractivity contribution is -0.121. The minimum absolute atomic E-state index is 0.174. The van der Waals surface area contributed by atoms with Crippen molar-refractivity contribution in [2.24, 2.45) is 0 Å². The quantitative estimate of drug-likeness (QED) is 0.683. The van der Waals surface area contributed by atoms with E-state index in [2.05, 4.69) is 42.6 Å². The second-order valence-electron chi connectivity index (χ2n) is 6.51. The Kier molecular flexibility index (Phi) is 7.39. The first-order valence-electron chi connectivity index (χ1n) is 9.34. The lowest BCUT2D eigenvalue weighted by Gasteiger charge is -2.34. The number of rotatable bonds is 9. The summed E-state index contributed by atoms with van der Waals surface area (Å²) in [5.41, 5.74) is 0. The molecule has 3 heterocycles. The average molecular weight is 374 g/mol. The summed E-state index contributed by atoms with van der Waals surface area (Å²) in [6.45, 7) is 5.75. The number of aryl methyl sites for hydroxylation is 1. The fraction of sp³-hybridized carbons (Fsp3) is 0.526. The number of carbonyl (C=O) groups excluding carboxylic acids is 1. The molecule has 7 heteroatoms. The van der Waals surface area contributed by atoms with Crippen LogP contribution in [0.15, 0.2) is 36.0 Å². The number of hydrogen-bond donors (Lipinski definition) is 1. The van der Waals surface area contributed by atoms with Gasteiger partial charge in [-0.05, 0) is 43.3 Å². The van der Waals surface area contributed by atoms with E-state index in [1.807, 2.05) is 6.07 Å². The summed E-state index contributed by atoms with van der Waals surface area (Å²) in [4.78, 5) is 26.5. The van der Waals surface area contributed by atoms with E-state index in [0.29, 0.717) is 6.42 Å². The smallest absolute Gasteiger partial charge is 0.225 e. The highest BCUT2D eigenvalue weighted by Crippen LogP contribution is 2.12. The predicted molar refractivity (Wildman–Crippen MR) is 106 cm³/mol. The van der Waals surface area contributed by atoms with Gasteiger partial charge in [0.05, 0.1) is 0 Å². The Morgan fingerprint density at radius 1 is 1.12 bits per heavy atom. The number of amides is 1. The molecule has 0 radical (unpaired) electrons. The second kappa shape index (κ2) is 10.2. The highest BCUT2D eigenvalue weighted by atomic mass is 32.1. The Morgan fingerprint density at radius 3 is 2.65 bits per heavy atom. The minimum atomic E-state index is 0.174. The molecule has 0 bridgehead atoms. The molecule has 1 aliphatic heterocycles. The molecule has 2 aromatic heterocycles. The maximum atomic E-state index is 11.9. The molecule has 2 aromatic rings. The number of anilines is 1. The first-order valence-corrected chi connectivity index (χ1v) is 10.2. The highest BCUT2D eigenvalue weighted by molar-refractivity contribution is 7.09. The Morgan fingerprint density at radius 2 is 1.92 bits per heavy atom. The van der Waals surface area contributed by atoms with Gasteiger partial charge in [-0.2, -0.15) is 0 Å². The molecule has 0 aliphatic carbocycles. The summed E-state index contributed by atoms with van der Waals surface area (Å²) >= 11 is 1.76. The van der Waals surface area contributed by atoms with Crippen LogP contribution < -0.4 is 10.2 Å². The third-order valence-electron chi connectivity index (χ3n) is 4.59. The molecule has 140 valence electrons. The van der Waals surface area contributed by atoms with Crippen molar-refractivity contribution in [2.75, 3.05) is 44.2 Å². The summed E-state index contributed by atoms with van der Waals surface area (Å²) in [7, 11) is 0. The van der Waals surface area contributed by atoms with Crippen molar-refractivity contribution in [3.05, 3.63) is 40.8 Å². The molecule has 0 saturated carbocycles. The van der Waals surface area contributed by atoms with E-state index in [-0.39, 0.29) is 5.91 Å². The number of nitrogens with zero attached hydrogens (tertiary/aromatic N) is 4. The molecule has 1 fully saturated rings. The maximum absolute atomic E-state index is 11.9. The second-order valence-corrected chi connectivity index (χ2v) is 7.55. The van der Waals surface area contributed by atoms with Gasteiger partial charge < -0.3 is 10.2 Å². The zero-order chi connectivity index (χ0) is 18.0. The van der Waals surface area contributed by atoms with E-state index in [1.54, 1.807) is 23.7 Å². The molecule has 1 saturated heterocycles. The van der Waals surface area contributed by atoms with E-state index in [4.69, 9.17) is 0 Å². The van der Waals surface area contributed by atoms with Gasteiger partial charge in [0.15, 0.2) is 0 Å². The summed E-state index contributed by atoms with van der Waals surface area (Å²) < 4.78 is 0. The van der Waals surface area contributed by atoms with Crippen LogP contribution in [0.5, 0.6) is 0 Å². The summed E-state index contributed by atoms with van der Waals surface area (Å²) in [5, 5.41) is 5.13. The highest BCUT2D eigenvalue weighted by Gasteiger charge is 2.18. The molecule has 0 aromatic carbocycles. The lowest BCUT2D eigenvalue weighted by atomic mass is 10.2. The average Bonchev–Trinajstić information content (AvgIpc) is 3.20. The van der Waals surface area contributed by atoms with Crippen LogP contribution >= 0.6 is 11.3 Å². The lowest BCUT2D eigenvalue weighted by Crippen LogP contribution is -2.47. The van der Waals surface area contributed by atoms with Crippen LogP contribution in [0.2, 0.25) is 0 Å². The standard InChI is InChI=1S/C19H27N5OS/c25-18(7-1-5-17-6-2-16-26-17)20-10-4-11-23-12-14-24(15-13-23)19-21-8-3-9-22-19/h2-3,6,8-9,16H,1,4-5,7,10-15H2,(H,20,25). The first-order chi connectivity index (χ1) is 12.8. The monoisotopic (exact) mass is 373 g/mol. The maximum Gasteiger partial charge on any atom is 0.225 e. The van der Waals surface area contributed by atoms with Gasteiger partial charge in [0.1, 0.15) is 0 Å². The van der Waals surface area contributed by atoms with Crippen LogP contribution in [0.3, 0.4) is 0 Å². The van der Waals surface area contributed by atoms with Gasteiger partial charge in [-0.25, -0.2) is 9.97 Å². The van der Waals surface area contributed by atoms with Gasteiger partial charge in [0.2, 0.25) is 11.9 Å². The van der Waals surface area contributed by atoms with Gasteiger partial charge in [-0.3, -0.25) is 9.69 Å². The van der Waals surface area contributed by atoms with Crippen LogP contribution in [0.25, 0.3) is 0 Å². The zero-order valence-corrected chi connectivity index (χ0v) is 16.0. The summed E-state index contributed by atoms with van der Waals surface area (Å²) in [6, 6.07) is 6.04. The van der Waals surface area contributed by atoms with Crippen LogP contribution in [-0.4, -0.2) is 60.0 Å². The molecule has 3 rings (SSSR count). The van der Waals surface area contributed by atoms with E-state index in [9.17, 15) is 4.79 Å². The van der Waals surface area contributed by atoms with Crippen LogP contribution in [0.1, 0.15) is 24.1 Å². The summed E-state index contributed by atoms with van der Waals surface area (Å²) in [6.07, 6.45) is 7.12. The molecule has 1 N–H and O–H groups in total. The zero-order valence-electron chi connectivity index (χ0n) is 15.1. The molecule has 0 spiro atoms. The molecule has 0 unspecified atom stereocenters. The third kappa shape index (κ3) is 6.07. The number of aromatic nitrogens is 2. The van der Waals surface area contributed by atoms with Gasteiger partial charge in [0, 0.05) is 56.4 Å². The predicted octanol–water partition coefficient (Wildman–Crippen LogP) is 2.19. The van der Waals surface area contributed by atoms with Crippen molar-refractivity contribution < 1.29 is 4.79 Å². The largest absolute Gasteiger partial charge is 0.356 e. The van der Waals surface area contributed by atoms with Crippen molar-refractivity contribution in [2.45, 2.75) is 25.7 Å². The molecule has 1 aliphatic rings. The van der Waals surface area contributed by atoms with Crippen molar-refractivity contribution >= 4 is 23.2 Å². The fourth-order valence-electron chi connectivity index (χ4n) is 3.12. The van der Waals surface area contributed by atoms with Crippen LogP contribution in [-0.2, 0) is 11.2 Å². The topological polar surface area (TPSA) is 61.4 Å². The van der Waals surface area contributed by atoms with Gasteiger partial charge in [-0.15, -0.1) is 11.3 Å². The molecule has 6 nitrogen and oxygen atoms in total. The van der Waals surface area contributed by atoms with E-state index in [1.165, 1.54) is 4.88 Å². The van der Waals surface area contributed by atoms with E-state index in [0.717, 1.165) is 64.5 Å². The van der Waals surface area contributed by atoms with E-state index < -0.39 is 0 Å². The Hall–Kier alpha value is -1.99. The third-order valence-corrected chi connectivity index (χ3v) is 5.52. The number of piperazine rings is 1. The number of carbonyl (C=O) groups is 1. The minimum Gasteiger partial charge on any atom is -0.356 e. The Labute approximate surface area is 159 Å². The van der Waals surface area contributed by atoms with Crippen molar-refractivity contribution in [3.8, 4) is 0 Å². The normalized spacial score (nSPS) is 15.2. The van der Waals surface area contributed by atoms with Gasteiger partial charge >= 0.3 is 0 Å². The van der Waals surface area contributed by atoms with Gasteiger partial charge in [0.25, 0.3) is 0 Å². The molecular weight excluding hydrogens is 346 g/mol. The Balaban J connectivity index is 1.22. The van der Waals surface area contributed by atoms with Crippen LogP contribution in [0.4, 0.5) is 5.95 Å². The number of hydrogen-bond acceptors (Lipinski definition) is 6. The summed E-state index contributed by atoms with van der Waals surface area (Å²) in [5.74, 6) is 0.995. The SMILES string of the molecule is O=C(CCCc1cccs1)NCCCN1CCN(c2ncccn2)CC1. The Bertz CT molecular complexity index is 641. The van der Waals surface area contributed by atoms with Crippen molar-refractivity contribution in [1.29, 1.82) is 0 Å². The first kappa shape index (κ1) is 18.8. The van der Waals surface area contributed by atoms with Crippen molar-refractivity contribution in [1.82, 2.24) is 20.2 Å². The fourth-order valence-corrected chi connectivity index (χ4v) is 3.87. The molecule has 1 amide bonds. The van der Waals surface area contributed by atoms with Gasteiger partial charge in [-0.1, -0.05) is 6.07 Å². The van der Waals surface area contributed by atoms with Crippen LogP contribution in [0, 0.1) is 0 Å².